The first kappa shape index (κ1) is 82.0. The molecule has 2 aromatic rings. The molecule has 0 aliphatic heterocycles. The fourth-order valence-electron chi connectivity index (χ4n) is 11.0. The van der Waals surface area contributed by atoms with Crippen molar-refractivity contribution in [2.45, 2.75) is 258 Å². The Labute approximate surface area is 550 Å². The van der Waals surface area contributed by atoms with E-state index in [0.717, 1.165) is 15.4 Å². The number of benzene rings is 2. The molecule has 0 heterocycles. The van der Waals surface area contributed by atoms with Crippen molar-refractivity contribution >= 4 is 57.3 Å². The number of nitrogens with zero attached hydrogens (tertiary/aromatic N) is 1. The minimum atomic E-state index is -4.44. The fraction of sp³-hybridized carbons (Fsp3) is 0.706. The van der Waals surface area contributed by atoms with Crippen LogP contribution in [0.15, 0.2) is 47.4 Å². The van der Waals surface area contributed by atoms with Gasteiger partial charge in [-0.3, -0.25) is 38.4 Å². The van der Waals surface area contributed by atoms with E-state index >= 15 is 8.42 Å². The van der Waals surface area contributed by atoms with Crippen LogP contribution in [0.4, 0.5) is 0 Å². The monoisotopic (exact) mass is 1310 g/mol. The lowest BCUT2D eigenvalue weighted by Gasteiger charge is -2.32. The predicted octanol–water partition coefficient (Wildman–Crippen LogP) is 5.07. The summed E-state index contributed by atoms with van der Waals surface area (Å²) in [6.45, 7) is 26.8. The predicted molar refractivity (Wildman–Crippen MR) is 365 cm³/mol. The maximum atomic E-state index is 15.2. The van der Waals surface area contributed by atoms with E-state index in [1.165, 1.54) is 0 Å². The highest BCUT2D eigenvalue weighted by Gasteiger charge is 2.38. The number of hydrogen-bond donors (Lipinski definition) is 12. The number of carbonyl (C=O) groups is 8. The number of sulfonamides is 1. The summed E-state index contributed by atoms with van der Waals surface area (Å²) < 4.78 is 31.4. The average Bonchev–Trinajstić information content (AvgIpc) is 0.948. The van der Waals surface area contributed by atoms with Crippen LogP contribution in [0, 0.1) is 23.7 Å². The SMILES string of the molecule is CC(C)C[C@@H](CN(CC(N)=O)S(=O)(=O)c1c(C(C)C)cc(C(C)C)cc1C(C)C)NC(=O)[C@H](CCCCN)NC(=O)[C@H](CCCCN)NC(=O)[C@H](CC(C)C)NC(=O)[C@H](CC(C)C)NC(=O)[C@H](CCCCN)NC(=O)[C@H](CC(C)C)NC(=O)[C@@H](N)Cc1ccccc1. The highest BCUT2D eigenvalue weighted by molar-refractivity contribution is 7.89. The summed E-state index contributed by atoms with van der Waals surface area (Å²) in [5.74, 6) is -6.11. The largest absolute Gasteiger partial charge is 0.369 e. The van der Waals surface area contributed by atoms with Gasteiger partial charge in [0.2, 0.25) is 57.3 Å². The summed E-state index contributed by atoms with van der Waals surface area (Å²) in [4.78, 5) is 114. The van der Waals surface area contributed by atoms with Gasteiger partial charge in [0.15, 0.2) is 0 Å². The molecule has 0 saturated heterocycles. The molecule has 0 aliphatic rings. The minimum Gasteiger partial charge on any atom is -0.369 e. The zero-order chi connectivity index (χ0) is 69.6. The number of amides is 8. The Bertz CT molecular complexity index is 2720. The number of hydrogen-bond acceptors (Lipinski definition) is 14. The Kier molecular flexibility index (Phi) is 37.1. The minimum absolute atomic E-state index is 0.0396. The van der Waals surface area contributed by atoms with Crippen molar-refractivity contribution in [2.24, 2.45) is 52.3 Å². The molecule has 0 saturated carbocycles. The number of nitrogens with one attached hydrogen (secondary N) is 7. The van der Waals surface area contributed by atoms with Crippen LogP contribution in [0.2, 0.25) is 0 Å². The molecular weight excluding hydrogens is 1190 g/mol. The molecule has 92 heavy (non-hydrogen) atoms. The van der Waals surface area contributed by atoms with Gasteiger partial charge in [0.1, 0.15) is 36.3 Å². The molecule has 8 amide bonds. The average molecular weight is 1310 g/mol. The van der Waals surface area contributed by atoms with Crippen LogP contribution in [-0.2, 0) is 54.8 Å². The smallest absolute Gasteiger partial charge is 0.244 e. The molecule has 24 heteroatoms. The molecule has 0 unspecified atom stereocenters. The second kappa shape index (κ2) is 41.6. The molecule has 0 aliphatic carbocycles. The second-order valence-corrected chi connectivity index (χ2v) is 29.4. The Morgan fingerprint density at radius 3 is 1.11 bits per heavy atom. The Hall–Kier alpha value is -6.05. The van der Waals surface area contributed by atoms with E-state index < -0.39 is 112 Å². The van der Waals surface area contributed by atoms with Gasteiger partial charge in [-0.25, -0.2) is 8.42 Å². The molecule has 23 nitrogen and oxygen atoms in total. The first-order valence-corrected chi connectivity index (χ1v) is 35.1. The molecule has 8 atom stereocenters. The van der Waals surface area contributed by atoms with Crippen LogP contribution >= 0.6 is 0 Å². The highest BCUT2D eigenvalue weighted by Crippen LogP contribution is 2.37. The molecule has 2 aromatic carbocycles. The maximum absolute atomic E-state index is 15.2. The summed E-state index contributed by atoms with van der Waals surface area (Å²) >= 11 is 0. The maximum Gasteiger partial charge on any atom is 0.244 e. The van der Waals surface area contributed by atoms with Gasteiger partial charge >= 0.3 is 0 Å². The zero-order valence-electron chi connectivity index (χ0n) is 58.0. The summed E-state index contributed by atoms with van der Waals surface area (Å²) in [5.41, 5.74) is 32.8. The molecule has 0 spiro atoms. The van der Waals surface area contributed by atoms with Crippen LogP contribution in [0.1, 0.15) is 220 Å². The zero-order valence-corrected chi connectivity index (χ0v) is 58.8. The number of primary amides is 1. The quantitative estimate of drug-likeness (QED) is 0.0386. The van der Waals surface area contributed by atoms with Crippen LogP contribution < -0.4 is 65.9 Å². The molecule has 0 aromatic heterocycles. The van der Waals surface area contributed by atoms with E-state index in [1.54, 1.807) is 0 Å². The van der Waals surface area contributed by atoms with E-state index in [4.69, 9.17) is 28.7 Å². The third kappa shape index (κ3) is 29.1. The first-order chi connectivity index (χ1) is 43.2. The standard InChI is InChI=1S/C68H119N13O10S/c1-41(2)32-50(39-81(40-60(73)82)92(90,91)61-51(46(11)12)37-49(45(9)10)38-52(61)47(13)14)74-63(84)54(26-18-21-29-69)75-64(85)55(27-19-22-30-70)76-67(88)58(34-43(5)6)80-68(89)59(35-44(7)8)79-65(86)56(28-20-23-31-71)77-66(87)57(33-42(3)4)78-62(83)53(72)36-48-24-16-15-17-25-48/h15-17,24-25,37-38,41-47,50,53-59H,18-23,26-36,39-40,69-72H2,1-14H3,(H2,73,82)(H,74,84)(H,75,85)(H,76,88)(H,77,87)(H,78,83)(H,79,86)(H,80,89)/t50-,53-,54-,55-,56-,57-,58-,59-/m0/s1. The summed E-state index contributed by atoms with van der Waals surface area (Å²) in [5, 5.41) is 20.1. The van der Waals surface area contributed by atoms with Gasteiger partial charge in [0.05, 0.1) is 17.5 Å². The third-order valence-electron chi connectivity index (χ3n) is 15.9. The van der Waals surface area contributed by atoms with Crippen molar-refractivity contribution in [3.63, 3.8) is 0 Å². The van der Waals surface area contributed by atoms with E-state index in [2.05, 4.69) is 37.2 Å². The van der Waals surface area contributed by atoms with Gasteiger partial charge < -0.3 is 65.9 Å². The lowest BCUT2D eigenvalue weighted by atomic mass is 9.89. The van der Waals surface area contributed by atoms with Crippen LogP contribution in [-0.4, -0.2) is 141 Å². The molecule has 522 valence electrons. The lowest BCUT2D eigenvalue weighted by molar-refractivity contribution is -0.136. The third-order valence-corrected chi connectivity index (χ3v) is 17.9. The van der Waals surface area contributed by atoms with Crippen molar-refractivity contribution in [2.75, 3.05) is 32.7 Å². The van der Waals surface area contributed by atoms with Gasteiger partial charge in [0.25, 0.3) is 0 Å². The molecule has 0 radical (unpaired) electrons. The van der Waals surface area contributed by atoms with E-state index in [9.17, 15) is 38.4 Å². The van der Waals surface area contributed by atoms with E-state index in [-0.39, 0.29) is 104 Å². The fourth-order valence-corrected chi connectivity index (χ4v) is 13.1. The molecule has 0 fully saturated rings. The summed E-state index contributed by atoms with van der Waals surface area (Å²) in [6, 6.07) is 4.24. The molecular formula is C68H119N13O10S. The van der Waals surface area contributed by atoms with Gasteiger partial charge in [-0.15, -0.1) is 0 Å². The lowest BCUT2D eigenvalue weighted by Crippen LogP contribution is -2.60. The topological polar surface area (TPSA) is 388 Å². The van der Waals surface area contributed by atoms with Crippen molar-refractivity contribution < 1.29 is 46.8 Å². The van der Waals surface area contributed by atoms with E-state index in [1.807, 2.05) is 139 Å². The van der Waals surface area contributed by atoms with Crippen molar-refractivity contribution in [3.05, 3.63) is 64.7 Å². The van der Waals surface area contributed by atoms with Crippen molar-refractivity contribution in [3.8, 4) is 0 Å². The van der Waals surface area contributed by atoms with Crippen LogP contribution in [0.5, 0.6) is 0 Å². The van der Waals surface area contributed by atoms with Crippen LogP contribution in [0.3, 0.4) is 0 Å². The van der Waals surface area contributed by atoms with Gasteiger partial charge in [-0.2, -0.15) is 4.31 Å². The highest BCUT2D eigenvalue weighted by atomic mass is 32.2. The van der Waals surface area contributed by atoms with Gasteiger partial charge in [0, 0.05) is 12.6 Å². The number of carbonyl (C=O) groups excluding carboxylic acids is 8. The molecule has 0 bridgehead atoms. The van der Waals surface area contributed by atoms with Crippen molar-refractivity contribution in [1.82, 2.24) is 41.5 Å². The number of rotatable bonds is 45. The Morgan fingerprint density at radius 1 is 0.446 bits per heavy atom. The Morgan fingerprint density at radius 2 is 0.783 bits per heavy atom. The van der Waals surface area contributed by atoms with Gasteiger partial charge in [-0.1, -0.05) is 139 Å². The Balaban J connectivity index is 2.56. The number of nitrogens with two attached hydrogens (primary N) is 5. The first-order valence-electron chi connectivity index (χ1n) is 33.7. The normalized spacial score (nSPS) is 14.6. The second-order valence-electron chi connectivity index (χ2n) is 27.5. The molecule has 17 N–H and O–H groups in total. The summed E-state index contributed by atoms with van der Waals surface area (Å²) in [6.07, 6.45) is 4.21. The summed E-state index contributed by atoms with van der Waals surface area (Å²) in [7, 11) is -4.44. The van der Waals surface area contributed by atoms with Crippen molar-refractivity contribution in [1.29, 1.82) is 0 Å². The van der Waals surface area contributed by atoms with Gasteiger partial charge in [-0.05, 0) is 173 Å². The van der Waals surface area contributed by atoms with Crippen LogP contribution in [0.25, 0.3) is 0 Å². The number of unbranched alkanes of at least 4 members (excludes halogenated alkanes) is 3. The van der Waals surface area contributed by atoms with E-state index in [0.29, 0.717) is 69.3 Å². The molecule has 2 rings (SSSR count).